The number of aromatic nitrogens is 2. The number of fused-ring (bicyclic) bond motifs is 1. The molecular weight excluding hydrogens is 558 g/mol. The Bertz CT molecular complexity index is 1450. The molecule has 0 aliphatic heterocycles. The zero-order valence-electron chi connectivity index (χ0n) is 19.4. The summed E-state index contributed by atoms with van der Waals surface area (Å²) in [5, 5.41) is 11.7. The number of rotatable bonds is 10. The van der Waals surface area contributed by atoms with Gasteiger partial charge >= 0.3 is 23.4 Å². The van der Waals surface area contributed by atoms with Gasteiger partial charge in [0.25, 0.3) is 0 Å². The number of aliphatic carboxylic acids is 1. The second-order valence-corrected chi connectivity index (χ2v) is 8.35. The van der Waals surface area contributed by atoms with Crippen LogP contribution >= 0.6 is 15.9 Å². The van der Waals surface area contributed by atoms with Crippen LogP contribution in [0, 0.1) is 0 Å². The summed E-state index contributed by atoms with van der Waals surface area (Å²) >= 11 is 3.35. The van der Waals surface area contributed by atoms with Crippen LogP contribution in [0.25, 0.3) is 11.0 Å². The number of halogens is 1. The first-order chi connectivity index (χ1) is 17.6. The number of benzene rings is 1. The van der Waals surface area contributed by atoms with E-state index < -0.39 is 42.4 Å². The van der Waals surface area contributed by atoms with E-state index in [-0.39, 0.29) is 31.1 Å². The highest BCUT2D eigenvalue weighted by Crippen LogP contribution is 2.31. The second-order valence-electron chi connectivity index (χ2n) is 7.50. The molecule has 196 valence electrons. The van der Waals surface area contributed by atoms with E-state index in [2.05, 4.69) is 26.2 Å². The molecule has 15 heteroatoms. The Balaban J connectivity index is 1.67. The number of anilines is 1. The lowest BCUT2D eigenvalue weighted by Gasteiger charge is -2.20. The van der Waals surface area contributed by atoms with Gasteiger partial charge in [-0.25, -0.2) is 14.4 Å². The van der Waals surface area contributed by atoms with Gasteiger partial charge in [-0.3, -0.25) is 19.5 Å². The largest absolute Gasteiger partial charge is 0.495 e. The Morgan fingerprint density at radius 1 is 1.27 bits per heavy atom. The van der Waals surface area contributed by atoms with Gasteiger partial charge in [-0.2, -0.15) is 4.98 Å². The van der Waals surface area contributed by atoms with Crippen molar-refractivity contribution in [2.45, 2.75) is 13.2 Å². The first-order valence-electron chi connectivity index (χ1n) is 10.6. The van der Waals surface area contributed by atoms with Crippen molar-refractivity contribution in [2.24, 2.45) is 5.73 Å². The van der Waals surface area contributed by atoms with Gasteiger partial charge in [0.15, 0.2) is 0 Å². The number of hydrogen-bond acceptors (Lipinski definition) is 10. The van der Waals surface area contributed by atoms with Gasteiger partial charge < -0.3 is 29.6 Å². The second kappa shape index (κ2) is 12.1. The summed E-state index contributed by atoms with van der Waals surface area (Å²) in [7, 11) is 1.46. The Morgan fingerprint density at radius 2 is 2.03 bits per heavy atom. The van der Waals surface area contributed by atoms with Crippen LogP contribution in [0.3, 0.4) is 0 Å². The number of hydrogen-bond donors (Lipinski definition) is 3. The van der Waals surface area contributed by atoms with Gasteiger partial charge in [-0.15, -0.1) is 0 Å². The van der Waals surface area contributed by atoms with Crippen LogP contribution in [0.5, 0.6) is 5.75 Å². The van der Waals surface area contributed by atoms with Crippen LogP contribution in [0.2, 0.25) is 0 Å². The van der Waals surface area contributed by atoms with Crippen LogP contribution in [0.1, 0.15) is 5.56 Å². The smallest absolute Gasteiger partial charge is 0.413 e. The van der Waals surface area contributed by atoms with E-state index in [1.165, 1.54) is 31.5 Å². The number of nitrogens with zero attached hydrogens (tertiary/aromatic N) is 3. The van der Waals surface area contributed by atoms with Gasteiger partial charge in [0, 0.05) is 42.4 Å². The van der Waals surface area contributed by atoms with Crippen molar-refractivity contribution in [3.8, 4) is 5.75 Å². The summed E-state index contributed by atoms with van der Waals surface area (Å²) in [4.78, 5) is 64.4. The number of nitrogens with two attached hydrogens (primary N) is 1. The van der Waals surface area contributed by atoms with Gasteiger partial charge in [0.2, 0.25) is 5.91 Å². The summed E-state index contributed by atoms with van der Waals surface area (Å²) < 4.78 is 17.1. The fourth-order valence-corrected chi connectivity index (χ4v) is 3.77. The SMILES string of the molecule is COc1cc2oc(=O)cc(COC(=O)Nc3ccn(CC(=O)N(CCN)CC(=O)O)c(=O)n3)c2cc1Br. The first kappa shape index (κ1) is 27.3. The van der Waals surface area contributed by atoms with Gasteiger partial charge in [-0.05, 0) is 28.1 Å². The highest BCUT2D eigenvalue weighted by Gasteiger charge is 2.18. The molecule has 0 spiro atoms. The third-order valence-corrected chi connectivity index (χ3v) is 5.57. The molecule has 37 heavy (non-hydrogen) atoms. The average Bonchev–Trinajstić information content (AvgIpc) is 2.83. The molecule has 0 aliphatic carbocycles. The van der Waals surface area contributed by atoms with E-state index in [4.69, 9.17) is 24.7 Å². The molecule has 2 amide bonds. The summed E-state index contributed by atoms with van der Waals surface area (Å²) in [6.07, 6.45) is 0.260. The van der Waals surface area contributed by atoms with E-state index in [1.54, 1.807) is 6.07 Å². The molecule has 0 saturated carbocycles. The predicted molar refractivity (Wildman–Crippen MR) is 132 cm³/mol. The van der Waals surface area contributed by atoms with E-state index in [0.29, 0.717) is 21.2 Å². The molecule has 0 atom stereocenters. The maximum atomic E-state index is 12.3. The summed E-state index contributed by atoms with van der Waals surface area (Å²) in [6.45, 7) is -1.27. The van der Waals surface area contributed by atoms with E-state index in [0.717, 1.165) is 9.47 Å². The van der Waals surface area contributed by atoms with Crippen molar-refractivity contribution in [3.63, 3.8) is 0 Å². The fraction of sp³-hybridized carbons (Fsp3) is 0.273. The number of carbonyl (C=O) groups excluding carboxylic acids is 2. The number of amides is 2. The molecule has 2 aromatic heterocycles. The minimum atomic E-state index is -1.22. The molecule has 3 aromatic rings. The number of carboxylic acid groups (broad SMARTS) is 1. The molecule has 0 radical (unpaired) electrons. The summed E-state index contributed by atoms with van der Waals surface area (Å²) in [5.41, 5.74) is 4.50. The lowest BCUT2D eigenvalue weighted by Crippen LogP contribution is -2.42. The molecule has 2 heterocycles. The Hall–Kier alpha value is -4.24. The molecule has 0 bridgehead atoms. The van der Waals surface area contributed by atoms with Crippen molar-refractivity contribution in [2.75, 3.05) is 32.1 Å². The number of methoxy groups -OCH3 is 1. The topological polar surface area (TPSA) is 196 Å². The molecule has 0 saturated heterocycles. The third-order valence-electron chi connectivity index (χ3n) is 4.95. The van der Waals surface area contributed by atoms with Crippen molar-refractivity contribution < 1.29 is 33.4 Å². The van der Waals surface area contributed by atoms with Gasteiger partial charge in [-0.1, -0.05) is 0 Å². The lowest BCUT2D eigenvalue weighted by molar-refractivity contribution is -0.144. The number of nitrogens with one attached hydrogen (secondary N) is 1. The Labute approximate surface area is 216 Å². The highest BCUT2D eigenvalue weighted by molar-refractivity contribution is 9.10. The van der Waals surface area contributed by atoms with Crippen LogP contribution in [-0.2, 0) is 27.5 Å². The third kappa shape index (κ3) is 7.14. The maximum Gasteiger partial charge on any atom is 0.413 e. The Morgan fingerprint density at radius 3 is 2.68 bits per heavy atom. The molecule has 1 aromatic carbocycles. The molecule has 14 nitrogen and oxygen atoms in total. The fourth-order valence-electron chi connectivity index (χ4n) is 3.26. The van der Waals surface area contributed by atoms with Crippen LogP contribution in [-0.4, -0.2) is 64.3 Å². The van der Waals surface area contributed by atoms with E-state index in [1.807, 2.05) is 0 Å². The van der Waals surface area contributed by atoms with Crippen molar-refractivity contribution in [1.29, 1.82) is 0 Å². The molecule has 0 fully saturated rings. The van der Waals surface area contributed by atoms with Crippen molar-refractivity contribution in [1.82, 2.24) is 14.5 Å². The molecule has 3 rings (SSSR count). The molecular formula is C22H22BrN5O9. The summed E-state index contributed by atoms with van der Waals surface area (Å²) in [5.74, 6) is -1.56. The quantitative estimate of drug-likeness (QED) is 0.286. The molecule has 0 unspecified atom stereocenters. The van der Waals surface area contributed by atoms with Crippen LogP contribution in [0.4, 0.5) is 10.6 Å². The van der Waals surface area contributed by atoms with E-state index >= 15 is 0 Å². The molecule has 4 N–H and O–H groups in total. The predicted octanol–water partition coefficient (Wildman–Crippen LogP) is 0.741. The first-order valence-corrected chi connectivity index (χ1v) is 11.4. The van der Waals surface area contributed by atoms with Crippen LogP contribution < -0.4 is 27.1 Å². The standard InChI is InChI=1S/C22H22BrN5O9/c1-35-16-8-15-13(7-14(16)23)12(6-20(32)37-15)11-36-22(34)26-17-2-4-28(21(33)25-17)9-18(29)27(5-3-24)10-19(30)31/h2,4,6-8H,3,5,9-11,24H2,1H3,(H,30,31)(H,25,26,33,34). The van der Waals surface area contributed by atoms with Crippen LogP contribution in [0.15, 0.2) is 48.9 Å². The number of carboxylic acids is 1. The lowest BCUT2D eigenvalue weighted by atomic mass is 10.1. The average molecular weight is 580 g/mol. The van der Waals surface area contributed by atoms with E-state index in [9.17, 15) is 24.0 Å². The zero-order chi connectivity index (χ0) is 27.1. The minimum absolute atomic E-state index is 0.00191. The number of carbonyl (C=O) groups is 3. The monoisotopic (exact) mass is 579 g/mol. The number of ether oxygens (including phenoxy) is 2. The van der Waals surface area contributed by atoms with Gasteiger partial charge in [0.05, 0.1) is 11.6 Å². The Kier molecular flexibility index (Phi) is 8.97. The van der Waals surface area contributed by atoms with Gasteiger partial charge in [0.1, 0.15) is 36.8 Å². The highest BCUT2D eigenvalue weighted by atomic mass is 79.9. The maximum absolute atomic E-state index is 12.3. The minimum Gasteiger partial charge on any atom is -0.495 e. The zero-order valence-corrected chi connectivity index (χ0v) is 21.0. The van der Waals surface area contributed by atoms with Crippen molar-refractivity contribution in [3.05, 3.63) is 61.4 Å². The summed E-state index contributed by atoms with van der Waals surface area (Å²) in [6, 6.07) is 5.62. The normalized spacial score (nSPS) is 10.7. The van der Waals surface area contributed by atoms with Crippen molar-refractivity contribution >= 4 is 50.7 Å². The molecule has 0 aliphatic rings.